The quantitative estimate of drug-likeness (QED) is 0.726. The van der Waals surface area contributed by atoms with E-state index >= 15 is 0 Å². The van der Waals surface area contributed by atoms with E-state index < -0.39 is 5.97 Å². The van der Waals surface area contributed by atoms with Crippen molar-refractivity contribution < 1.29 is 9.90 Å². The van der Waals surface area contributed by atoms with Crippen molar-refractivity contribution in [2.75, 3.05) is 0 Å². The first-order valence-electron chi connectivity index (χ1n) is 6.12. The number of aliphatic carboxylic acids is 1. The summed E-state index contributed by atoms with van der Waals surface area (Å²) >= 11 is 5.09. The second-order valence-corrected chi connectivity index (χ2v) is 6.53. The molecule has 0 spiro atoms. The smallest absolute Gasteiger partial charge is 0.307 e. The molecule has 0 radical (unpaired) electrons. The molecule has 5 heteroatoms. The van der Waals surface area contributed by atoms with E-state index in [1.807, 2.05) is 36.6 Å². The van der Waals surface area contributed by atoms with Gasteiger partial charge in [0.05, 0.1) is 17.0 Å². The van der Waals surface area contributed by atoms with Crippen LogP contribution in [0.25, 0.3) is 21.5 Å². The van der Waals surface area contributed by atoms with Gasteiger partial charge in [0.25, 0.3) is 0 Å². The minimum absolute atomic E-state index is 0.0170. The van der Waals surface area contributed by atoms with Crippen LogP contribution in [0.4, 0.5) is 0 Å². The summed E-state index contributed by atoms with van der Waals surface area (Å²) < 4.78 is 0.964. The Balaban J connectivity index is 2.33. The fourth-order valence-electron chi connectivity index (χ4n) is 2.45. The Morgan fingerprint density at radius 3 is 2.90 bits per heavy atom. The molecule has 0 aliphatic heterocycles. The molecule has 3 nitrogen and oxygen atoms in total. The molecule has 3 aromatic rings. The van der Waals surface area contributed by atoms with E-state index in [1.165, 1.54) is 0 Å². The maximum atomic E-state index is 11.2. The zero-order valence-corrected chi connectivity index (χ0v) is 13.1. The van der Waals surface area contributed by atoms with E-state index in [2.05, 4.69) is 20.9 Å². The van der Waals surface area contributed by atoms with Gasteiger partial charge in [-0.25, -0.2) is 0 Å². The van der Waals surface area contributed by atoms with Crippen molar-refractivity contribution in [1.82, 2.24) is 4.98 Å². The highest BCUT2D eigenvalue weighted by atomic mass is 79.9. The average molecular weight is 350 g/mol. The number of carboxylic acid groups (broad SMARTS) is 1. The highest BCUT2D eigenvalue weighted by Crippen LogP contribution is 2.36. The maximum Gasteiger partial charge on any atom is 0.307 e. The van der Waals surface area contributed by atoms with E-state index in [1.54, 1.807) is 11.3 Å². The van der Waals surface area contributed by atoms with Crippen molar-refractivity contribution in [3.8, 4) is 10.6 Å². The summed E-state index contributed by atoms with van der Waals surface area (Å²) in [5.74, 6) is -0.818. The first-order chi connectivity index (χ1) is 9.56. The predicted molar refractivity (Wildman–Crippen MR) is 85.4 cm³/mol. The van der Waals surface area contributed by atoms with Crippen molar-refractivity contribution >= 4 is 44.1 Å². The molecule has 0 atom stereocenters. The highest BCUT2D eigenvalue weighted by Gasteiger charge is 2.17. The molecule has 102 valence electrons. The molecule has 0 saturated carbocycles. The standard InChI is InChI=1S/C15H12BrNO2S/c1-8-5-9(16)6-10-11(7-13(18)19)15(17-14(8)10)12-3-2-4-20-12/h2-6,17H,7H2,1H3,(H,18,19). The fourth-order valence-corrected chi connectivity index (χ4v) is 3.77. The molecule has 2 N–H and O–H groups in total. The van der Waals surface area contributed by atoms with Crippen LogP contribution in [0.15, 0.2) is 34.1 Å². The van der Waals surface area contributed by atoms with E-state index in [0.29, 0.717) is 0 Å². The summed E-state index contributed by atoms with van der Waals surface area (Å²) in [6.07, 6.45) is 0.0170. The van der Waals surface area contributed by atoms with Crippen molar-refractivity contribution in [3.05, 3.63) is 45.2 Å². The molecule has 0 amide bonds. The highest BCUT2D eigenvalue weighted by molar-refractivity contribution is 9.10. The summed E-state index contributed by atoms with van der Waals surface area (Å²) in [4.78, 5) is 15.6. The van der Waals surface area contributed by atoms with Gasteiger partial charge < -0.3 is 10.1 Å². The minimum atomic E-state index is -0.818. The number of carboxylic acids is 1. The van der Waals surface area contributed by atoms with Gasteiger partial charge in [-0.2, -0.15) is 0 Å². The normalized spacial score (nSPS) is 11.1. The van der Waals surface area contributed by atoms with Gasteiger partial charge in [-0.3, -0.25) is 4.79 Å². The minimum Gasteiger partial charge on any atom is -0.481 e. The predicted octanol–water partition coefficient (Wildman–Crippen LogP) is 4.59. The van der Waals surface area contributed by atoms with Crippen molar-refractivity contribution in [3.63, 3.8) is 0 Å². The first kappa shape index (κ1) is 13.4. The van der Waals surface area contributed by atoms with Crippen LogP contribution < -0.4 is 0 Å². The molecule has 3 rings (SSSR count). The average Bonchev–Trinajstić information content (AvgIpc) is 2.97. The molecule has 1 aromatic carbocycles. The summed E-state index contributed by atoms with van der Waals surface area (Å²) in [6, 6.07) is 7.99. The molecule has 0 unspecified atom stereocenters. The molecule has 0 fully saturated rings. The Labute approximate surface area is 128 Å². The fraction of sp³-hybridized carbons (Fsp3) is 0.133. The molecule has 0 aliphatic rings. The molecule has 0 aliphatic carbocycles. The van der Waals surface area contributed by atoms with Crippen LogP contribution in [-0.2, 0) is 11.2 Å². The number of aromatic amines is 1. The number of carbonyl (C=O) groups is 1. The second kappa shape index (κ2) is 5.07. The third-order valence-corrected chi connectivity index (χ3v) is 4.62. The molecule has 0 bridgehead atoms. The van der Waals surface area contributed by atoms with Gasteiger partial charge >= 0.3 is 5.97 Å². The lowest BCUT2D eigenvalue weighted by molar-refractivity contribution is -0.136. The summed E-state index contributed by atoms with van der Waals surface area (Å²) in [7, 11) is 0. The first-order valence-corrected chi connectivity index (χ1v) is 7.80. The second-order valence-electron chi connectivity index (χ2n) is 4.67. The van der Waals surface area contributed by atoms with E-state index in [0.717, 1.165) is 37.1 Å². The number of benzene rings is 1. The summed E-state index contributed by atoms with van der Waals surface area (Å²) in [6.45, 7) is 2.02. The zero-order valence-electron chi connectivity index (χ0n) is 10.7. The number of H-pyrrole nitrogens is 1. The van der Waals surface area contributed by atoms with Gasteiger partial charge in [0.1, 0.15) is 0 Å². The third-order valence-electron chi connectivity index (χ3n) is 3.27. The van der Waals surface area contributed by atoms with Crippen LogP contribution in [0.5, 0.6) is 0 Å². The summed E-state index contributed by atoms with van der Waals surface area (Å²) in [5.41, 5.74) is 3.87. The number of aromatic nitrogens is 1. The largest absolute Gasteiger partial charge is 0.481 e. The van der Waals surface area contributed by atoms with Gasteiger partial charge in [0.15, 0.2) is 0 Å². The summed E-state index contributed by atoms with van der Waals surface area (Å²) in [5, 5.41) is 12.2. The lowest BCUT2D eigenvalue weighted by Gasteiger charge is -2.01. The Kier molecular flexibility index (Phi) is 3.40. The molecule has 2 heterocycles. The Morgan fingerprint density at radius 1 is 1.45 bits per heavy atom. The maximum absolute atomic E-state index is 11.2. The molecule has 0 saturated heterocycles. The van der Waals surface area contributed by atoms with Crippen LogP contribution in [0.2, 0.25) is 0 Å². The molecule has 2 aromatic heterocycles. The van der Waals surface area contributed by atoms with E-state index in [4.69, 9.17) is 0 Å². The van der Waals surface area contributed by atoms with Crippen LogP contribution in [0.1, 0.15) is 11.1 Å². The molecule has 20 heavy (non-hydrogen) atoms. The van der Waals surface area contributed by atoms with E-state index in [9.17, 15) is 9.90 Å². The van der Waals surface area contributed by atoms with Crippen molar-refractivity contribution in [2.45, 2.75) is 13.3 Å². The van der Waals surface area contributed by atoms with Crippen LogP contribution in [0.3, 0.4) is 0 Å². The molecular formula is C15H12BrNO2S. The monoisotopic (exact) mass is 349 g/mol. The van der Waals surface area contributed by atoms with Crippen molar-refractivity contribution in [1.29, 1.82) is 0 Å². The number of rotatable bonds is 3. The third kappa shape index (κ3) is 2.27. The Hall–Kier alpha value is -1.59. The van der Waals surface area contributed by atoms with Gasteiger partial charge in [0, 0.05) is 15.4 Å². The van der Waals surface area contributed by atoms with Gasteiger partial charge in [-0.15, -0.1) is 11.3 Å². The van der Waals surface area contributed by atoms with Crippen LogP contribution >= 0.6 is 27.3 Å². The SMILES string of the molecule is Cc1cc(Br)cc2c(CC(=O)O)c(-c3cccs3)[nH]c12. The Bertz CT molecular complexity index is 790. The van der Waals surface area contributed by atoms with Crippen LogP contribution in [0, 0.1) is 6.92 Å². The number of nitrogens with one attached hydrogen (secondary N) is 1. The van der Waals surface area contributed by atoms with E-state index in [-0.39, 0.29) is 6.42 Å². The topological polar surface area (TPSA) is 53.1 Å². The van der Waals surface area contributed by atoms with Gasteiger partial charge in [-0.1, -0.05) is 22.0 Å². The van der Waals surface area contributed by atoms with Crippen molar-refractivity contribution in [2.24, 2.45) is 0 Å². The Morgan fingerprint density at radius 2 is 2.25 bits per heavy atom. The van der Waals surface area contributed by atoms with Gasteiger partial charge in [-0.05, 0) is 41.6 Å². The van der Waals surface area contributed by atoms with Gasteiger partial charge in [0.2, 0.25) is 0 Å². The lowest BCUT2D eigenvalue weighted by Crippen LogP contribution is -2.00. The number of hydrogen-bond donors (Lipinski definition) is 2. The number of hydrogen-bond acceptors (Lipinski definition) is 2. The number of aryl methyl sites for hydroxylation is 1. The lowest BCUT2D eigenvalue weighted by atomic mass is 10.0. The number of thiophene rings is 1. The number of fused-ring (bicyclic) bond motifs is 1. The van der Waals surface area contributed by atoms with Crippen LogP contribution in [-0.4, -0.2) is 16.1 Å². The zero-order chi connectivity index (χ0) is 14.3. The number of halogens is 1. The molecular weight excluding hydrogens is 338 g/mol.